The van der Waals surface area contributed by atoms with Crippen LogP contribution in [0.5, 0.6) is 0 Å². The maximum Gasteiger partial charge on any atom is 0.410 e. The lowest BCUT2D eigenvalue weighted by atomic mass is 10.0. The van der Waals surface area contributed by atoms with Crippen LogP contribution in [0.4, 0.5) is 10.5 Å². The summed E-state index contributed by atoms with van der Waals surface area (Å²) < 4.78 is 16.6. The monoisotopic (exact) mass is 639 g/mol. The molecule has 2 aliphatic rings. The van der Waals surface area contributed by atoms with Crippen molar-refractivity contribution in [1.82, 2.24) is 20.2 Å². The molecule has 2 aliphatic heterocycles. The number of carbonyl (C=O) groups excluding carboxylic acids is 4. The van der Waals surface area contributed by atoms with E-state index in [1.165, 1.54) is 12.0 Å². The van der Waals surface area contributed by atoms with Gasteiger partial charge in [0.2, 0.25) is 5.91 Å². The SMILES string of the molecule is COC(=O)[C@H](Cc1c[nH]c2ccccc12)NC(=O)[C@@H]1[C@@H](OC(=O)[C@H]2CCCN2C(=O)OCc2ccccc2)CCN1c1ccncc1. The van der Waals surface area contributed by atoms with Crippen molar-refractivity contribution in [2.75, 3.05) is 25.1 Å². The highest BCUT2D eigenvalue weighted by atomic mass is 16.6. The standard InChI is InChI=1S/C35H37N5O7/c1-45-33(42)28(20-24-21-37-27-11-6-5-10-26(24)27)38-32(41)31-30(15-19-39(31)25-13-16-36-17-14-25)47-34(43)29-12-7-18-40(29)35(44)46-22-23-8-3-2-4-9-23/h2-6,8-11,13-14,16-17,21,28-31,37H,7,12,15,18-20,22H2,1H3,(H,38,41)/t28-,29+,30-,31-/m0/s1. The molecule has 2 amide bonds. The van der Waals surface area contributed by atoms with E-state index in [1.54, 1.807) is 24.5 Å². The zero-order chi connectivity index (χ0) is 32.8. The maximum atomic E-state index is 14.1. The Morgan fingerprint density at radius 3 is 2.53 bits per heavy atom. The van der Waals surface area contributed by atoms with Crippen molar-refractivity contribution >= 4 is 40.5 Å². The summed E-state index contributed by atoms with van der Waals surface area (Å²) in [6, 6.07) is 17.8. The van der Waals surface area contributed by atoms with Gasteiger partial charge in [-0.1, -0.05) is 48.5 Å². The molecule has 2 aromatic heterocycles. The van der Waals surface area contributed by atoms with Crippen LogP contribution >= 0.6 is 0 Å². The minimum absolute atomic E-state index is 0.0869. The van der Waals surface area contributed by atoms with Crippen LogP contribution in [0.3, 0.4) is 0 Å². The van der Waals surface area contributed by atoms with E-state index in [2.05, 4.69) is 15.3 Å². The number of ether oxygens (including phenoxy) is 3. The van der Waals surface area contributed by atoms with Crippen LogP contribution in [0.2, 0.25) is 0 Å². The van der Waals surface area contributed by atoms with Gasteiger partial charge in [0.15, 0.2) is 0 Å². The molecule has 12 nitrogen and oxygen atoms in total. The Bertz CT molecular complexity index is 1710. The van der Waals surface area contributed by atoms with E-state index in [9.17, 15) is 19.2 Å². The zero-order valence-corrected chi connectivity index (χ0v) is 26.0. The summed E-state index contributed by atoms with van der Waals surface area (Å²) in [5.74, 6) is -1.68. The predicted molar refractivity (Wildman–Crippen MR) is 172 cm³/mol. The molecule has 0 unspecified atom stereocenters. The number of rotatable bonds is 10. The summed E-state index contributed by atoms with van der Waals surface area (Å²) in [5, 5.41) is 3.82. The van der Waals surface area contributed by atoms with E-state index in [4.69, 9.17) is 14.2 Å². The van der Waals surface area contributed by atoms with Crippen LogP contribution in [0.15, 0.2) is 85.3 Å². The van der Waals surface area contributed by atoms with Gasteiger partial charge in [0, 0.05) is 61.1 Å². The van der Waals surface area contributed by atoms with Gasteiger partial charge in [-0.3, -0.25) is 14.7 Å². The van der Waals surface area contributed by atoms with Gasteiger partial charge in [-0.2, -0.15) is 0 Å². The first-order valence-corrected chi connectivity index (χ1v) is 15.7. The van der Waals surface area contributed by atoms with Gasteiger partial charge in [-0.25, -0.2) is 14.4 Å². The molecule has 2 saturated heterocycles. The first kappa shape index (κ1) is 31.6. The van der Waals surface area contributed by atoms with Crippen LogP contribution in [0, 0.1) is 0 Å². The second kappa shape index (κ2) is 14.4. The number of para-hydroxylation sites is 1. The van der Waals surface area contributed by atoms with Crippen molar-refractivity contribution in [3.63, 3.8) is 0 Å². The van der Waals surface area contributed by atoms with Crippen LogP contribution < -0.4 is 10.2 Å². The highest BCUT2D eigenvalue weighted by Gasteiger charge is 2.45. The summed E-state index contributed by atoms with van der Waals surface area (Å²) in [7, 11) is 1.28. The van der Waals surface area contributed by atoms with Gasteiger partial charge < -0.3 is 29.4 Å². The smallest absolute Gasteiger partial charge is 0.410 e. The molecule has 0 saturated carbocycles. The summed E-state index contributed by atoms with van der Waals surface area (Å²) in [4.78, 5) is 64.2. The number of pyridine rings is 1. The lowest BCUT2D eigenvalue weighted by Gasteiger charge is -2.31. The molecule has 2 aromatic carbocycles. The summed E-state index contributed by atoms with van der Waals surface area (Å²) in [6.45, 7) is 0.863. The van der Waals surface area contributed by atoms with E-state index in [1.807, 2.05) is 65.7 Å². The average molecular weight is 640 g/mol. The molecule has 12 heteroatoms. The largest absolute Gasteiger partial charge is 0.467 e. The van der Waals surface area contributed by atoms with E-state index in [-0.39, 0.29) is 13.0 Å². The Morgan fingerprint density at radius 2 is 1.74 bits per heavy atom. The van der Waals surface area contributed by atoms with Crippen molar-refractivity contribution in [2.45, 2.75) is 56.5 Å². The Balaban J connectivity index is 1.18. The number of H-pyrrole nitrogens is 1. The minimum Gasteiger partial charge on any atom is -0.467 e. The molecule has 47 heavy (non-hydrogen) atoms. The number of carbonyl (C=O) groups is 4. The lowest BCUT2D eigenvalue weighted by molar-refractivity contribution is -0.155. The number of nitrogens with zero attached hydrogens (tertiary/aromatic N) is 3. The van der Waals surface area contributed by atoms with Gasteiger partial charge in [0.25, 0.3) is 0 Å². The molecule has 244 valence electrons. The number of fused-ring (bicyclic) bond motifs is 1. The quantitative estimate of drug-likeness (QED) is 0.196. The van der Waals surface area contributed by atoms with Crippen LogP contribution in [-0.2, 0) is 41.6 Å². The normalized spacial score (nSPS) is 19.7. The second-order valence-electron chi connectivity index (χ2n) is 11.6. The maximum absolute atomic E-state index is 14.1. The number of benzene rings is 2. The van der Waals surface area contributed by atoms with E-state index < -0.39 is 48.2 Å². The Kier molecular flexibility index (Phi) is 9.65. The Hall–Kier alpha value is -5.39. The molecule has 6 rings (SSSR count). The summed E-state index contributed by atoms with van der Waals surface area (Å²) >= 11 is 0. The molecule has 4 atom stereocenters. The molecule has 0 spiro atoms. The molecule has 2 fully saturated rings. The topological polar surface area (TPSA) is 143 Å². The first-order chi connectivity index (χ1) is 22.9. The first-order valence-electron chi connectivity index (χ1n) is 15.7. The molecule has 0 bridgehead atoms. The summed E-state index contributed by atoms with van der Waals surface area (Å²) in [5.41, 5.74) is 3.31. The third-order valence-corrected chi connectivity index (χ3v) is 8.74. The highest BCUT2D eigenvalue weighted by Crippen LogP contribution is 2.30. The third-order valence-electron chi connectivity index (χ3n) is 8.74. The van der Waals surface area contributed by atoms with E-state index in [0.717, 1.165) is 27.7 Å². The fraction of sp³-hybridized carbons (Fsp3) is 0.343. The van der Waals surface area contributed by atoms with Crippen LogP contribution in [-0.4, -0.2) is 83.2 Å². The van der Waals surface area contributed by atoms with Gasteiger partial charge in [-0.15, -0.1) is 0 Å². The number of aromatic nitrogens is 2. The Morgan fingerprint density at radius 1 is 0.979 bits per heavy atom. The molecular weight excluding hydrogens is 602 g/mol. The van der Waals surface area contributed by atoms with Gasteiger partial charge in [0.1, 0.15) is 30.8 Å². The highest BCUT2D eigenvalue weighted by molar-refractivity contribution is 5.92. The van der Waals surface area contributed by atoms with Gasteiger partial charge in [-0.05, 0) is 42.2 Å². The molecule has 2 N–H and O–H groups in total. The lowest BCUT2D eigenvalue weighted by Crippen LogP contribution is -2.55. The van der Waals surface area contributed by atoms with Crippen molar-refractivity contribution in [1.29, 1.82) is 0 Å². The number of hydrogen-bond acceptors (Lipinski definition) is 9. The van der Waals surface area contributed by atoms with Gasteiger partial charge in [0.05, 0.1) is 7.11 Å². The van der Waals surface area contributed by atoms with E-state index >= 15 is 0 Å². The fourth-order valence-corrected chi connectivity index (χ4v) is 6.40. The summed E-state index contributed by atoms with van der Waals surface area (Å²) in [6.07, 6.45) is 5.22. The number of aromatic amines is 1. The number of esters is 2. The van der Waals surface area contributed by atoms with Crippen molar-refractivity contribution in [3.8, 4) is 0 Å². The van der Waals surface area contributed by atoms with Crippen molar-refractivity contribution in [3.05, 3.63) is 96.4 Å². The van der Waals surface area contributed by atoms with E-state index in [0.29, 0.717) is 32.4 Å². The minimum atomic E-state index is -0.993. The number of likely N-dealkylation sites (tertiary alicyclic amines) is 1. The predicted octanol–water partition coefficient (Wildman–Crippen LogP) is 3.76. The number of anilines is 1. The second-order valence-corrected chi connectivity index (χ2v) is 11.6. The van der Waals surface area contributed by atoms with Crippen molar-refractivity contribution < 1.29 is 33.4 Å². The molecule has 0 aliphatic carbocycles. The molecule has 4 heterocycles. The molecule has 4 aromatic rings. The van der Waals surface area contributed by atoms with Crippen molar-refractivity contribution in [2.24, 2.45) is 0 Å². The fourth-order valence-electron chi connectivity index (χ4n) is 6.40. The Labute approximate surface area is 272 Å². The number of hydrogen-bond donors (Lipinski definition) is 2. The number of amides is 2. The molecule has 0 radical (unpaired) electrons. The van der Waals surface area contributed by atoms with Crippen LogP contribution in [0.1, 0.15) is 30.4 Å². The number of nitrogens with one attached hydrogen (secondary N) is 2. The van der Waals surface area contributed by atoms with Crippen LogP contribution in [0.25, 0.3) is 10.9 Å². The number of methoxy groups -OCH3 is 1. The van der Waals surface area contributed by atoms with Gasteiger partial charge >= 0.3 is 18.0 Å². The third kappa shape index (κ3) is 7.06. The average Bonchev–Trinajstić information content (AvgIpc) is 3.87. The zero-order valence-electron chi connectivity index (χ0n) is 26.0. The molecular formula is C35H37N5O7.